The van der Waals surface area contributed by atoms with Crippen LogP contribution < -0.4 is 5.32 Å². The molecule has 1 amide bonds. The Hall–Kier alpha value is -1.77. The summed E-state index contributed by atoms with van der Waals surface area (Å²) in [5, 5.41) is 4.39. The third kappa shape index (κ3) is 1.49. The Labute approximate surface area is 118 Å². The molecule has 2 aromatic rings. The summed E-state index contributed by atoms with van der Waals surface area (Å²) in [4.78, 5) is 16.1. The fraction of sp³-hybridized carbons (Fsp3) is 0.471. The molecule has 3 heteroatoms. The Kier molecular flexibility index (Phi) is 2.47. The number of aromatic amines is 1. The van der Waals surface area contributed by atoms with Gasteiger partial charge in [-0.1, -0.05) is 25.1 Å². The van der Waals surface area contributed by atoms with Gasteiger partial charge in [0.1, 0.15) is 0 Å². The van der Waals surface area contributed by atoms with E-state index in [2.05, 4.69) is 41.5 Å². The van der Waals surface area contributed by atoms with E-state index in [1.54, 1.807) is 0 Å². The number of H-pyrrole nitrogens is 1. The highest BCUT2D eigenvalue weighted by molar-refractivity contribution is 5.89. The molecule has 0 bridgehead atoms. The van der Waals surface area contributed by atoms with E-state index in [1.807, 2.05) is 0 Å². The molecule has 2 aliphatic rings. The minimum absolute atomic E-state index is 0.184. The lowest BCUT2D eigenvalue weighted by Crippen LogP contribution is -2.52. The van der Waals surface area contributed by atoms with Crippen molar-refractivity contribution in [3.8, 4) is 0 Å². The molecular weight excluding hydrogens is 248 g/mol. The Morgan fingerprint density at radius 3 is 3.00 bits per heavy atom. The molecule has 1 aliphatic carbocycles. The Morgan fingerprint density at radius 2 is 2.15 bits per heavy atom. The monoisotopic (exact) mass is 268 g/mol. The molecule has 2 atom stereocenters. The molecule has 1 aromatic carbocycles. The van der Waals surface area contributed by atoms with Gasteiger partial charge in [0.05, 0.1) is 5.41 Å². The average Bonchev–Trinajstić information content (AvgIpc) is 2.80. The molecule has 2 N–H and O–H groups in total. The zero-order valence-corrected chi connectivity index (χ0v) is 11.8. The first kappa shape index (κ1) is 12.0. The van der Waals surface area contributed by atoms with Crippen LogP contribution in [0.15, 0.2) is 24.3 Å². The van der Waals surface area contributed by atoms with Gasteiger partial charge in [-0.25, -0.2) is 0 Å². The van der Waals surface area contributed by atoms with Gasteiger partial charge >= 0.3 is 0 Å². The normalized spacial score (nSPS) is 29.4. The third-order valence-electron chi connectivity index (χ3n) is 5.39. The number of carbonyl (C=O) groups excluding carboxylic acids is 1. The van der Waals surface area contributed by atoms with Gasteiger partial charge in [0.25, 0.3) is 0 Å². The van der Waals surface area contributed by atoms with Crippen molar-refractivity contribution in [2.24, 2.45) is 11.3 Å². The summed E-state index contributed by atoms with van der Waals surface area (Å²) in [7, 11) is 0. The van der Waals surface area contributed by atoms with Crippen LogP contribution in [0.5, 0.6) is 0 Å². The smallest absolute Gasteiger partial charge is 0.226 e. The molecule has 1 spiro atoms. The fourth-order valence-electron chi connectivity index (χ4n) is 4.16. The highest BCUT2D eigenvalue weighted by Crippen LogP contribution is 2.46. The lowest BCUT2D eigenvalue weighted by Gasteiger charge is -2.43. The first-order chi connectivity index (χ1) is 9.71. The van der Waals surface area contributed by atoms with Gasteiger partial charge in [0.2, 0.25) is 5.91 Å². The molecule has 4 rings (SSSR count). The Bertz CT molecular complexity index is 687. The summed E-state index contributed by atoms with van der Waals surface area (Å²) in [6.45, 7) is 3.08. The number of hydrogen-bond donors (Lipinski definition) is 2. The maximum absolute atomic E-state index is 12.5. The molecule has 0 radical (unpaired) electrons. The van der Waals surface area contributed by atoms with E-state index >= 15 is 0 Å². The van der Waals surface area contributed by atoms with Crippen LogP contribution in [0.4, 0.5) is 0 Å². The van der Waals surface area contributed by atoms with Gasteiger partial charge < -0.3 is 10.3 Å². The van der Waals surface area contributed by atoms with E-state index in [0.717, 1.165) is 32.2 Å². The van der Waals surface area contributed by atoms with E-state index in [1.165, 1.54) is 22.2 Å². The topological polar surface area (TPSA) is 44.9 Å². The summed E-state index contributed by atoms with van der Waals surface area (Å²) < 4.78 is 0. The van der Waals surface area contributed by atoms with Crippen molar-refractivity contribution in [2.75, 3.05) is 6.54 Å². The van der Waals surface area contributed by atoms with Crippen LogP contribution in [0.25, 0.3) is 10.9 Å². The highest BCUT2D eigenvalue weighted by atomic mass is 16.2. The second-order valence-electron chi connectivity index (χ2n) is 6.43. The number of rotatable bonds is 0. The number of carbonyl (C=O) groups is 1. The largest absolute Gasteiger partial charge is 0.358 e. The average molecular weight is 268 g/mol. The number of para-hydroxylation sites is 1. The number of fused-ring (bicyclic) bond motifs is 3. The maximum Gasteiger partial charge on any atom is 0.226 e. The molecule has 104 valence electrons. The molecule has 1 aliphatic heterocycles. The second kappa shape index (κ2) is 4.11. The molecular formula is C17H20N2O. The number of nitrogens with one attached hydrogen (secondary N) is 2. The lowest BCUT2D eigenvalue weighted by atomic mass is 9.62. The van der Waals surface area contributed by atoms with Crippen molar-refractivity contribution in [3.05, 3.63) is 35.5 Å². The molecule has 1 aromatic heterocycles. The zero-order chi connectivity index (χ0) is 13.7. The van der Waals surface area contributed by atoms with Crippen molar-refractivity contribution < 1.29 is 4.79 Å². The molecule has 2 heterocycles. The van der Waals surface area contributed by atoms with Crippen molar-refractivity contribution >= 4 is 16.8 Å². The van der Waals surface area contributed by atoms with Crippen LogP contribution in [0.3, 0.4) is 0 Å². The van der Waals surface area contributed by atoms with Crippen LogP contribution in [-0.2, 0) is 17.6 Å². The number of hydrogen-bond acceptors (Lipinski definition) is 1. The minimum atomic E-state index is -0.184. The molecule has 3 nitrogen and oxygen atoms in total. The van der Waals surface area contributed by atoms with Gasteiger partial charge in [-0.05, 0) is 43.2 Å². The quantitative estimate of drug-likeness (QED) is 0.758. The fourth-order valence-corrected chi connectivity index (χ4v) is 4.16. The Morgan fingerprint density at radius 1 is 1.30 bits per heavy atom. The summed E-state index contributed by atoms with van der Waals surface area (Å²) in [5.74, 6) is 0.676. The molecule has 0 saturated carbocycles. The number of benzene rings is 1. The van der Waals surface area contributed by atoms with Crippen LogP contribution in [0.1, 0.15) is 31.0 Å². The van der Waals surface area contributed by atoms with Crippen molar-refractivity contribution in [1.82, 2.24) is 10.3 Å². The van der Waals surface area contributed by atoms with Crippen LogP contribution in [0.2, 0.25) is 0 Å². The van der Waals surface area contributed by atoms with Crippen molar-refractivity contribution in [3.63, 3.8) is 0 Å². The summed E-state index contributed by atoms with van der Waals surface area (Å²) >= 11 is 0. The number of aromatic nitrogens is 1. The summed E-state index contributed by atoms with van der Waals surface area (Å²) in [6, 6.07) is 8.46. The van der Waals surface area contributed by atoms with E-state index in [-0.39, 0.29) is 11.3 Å². The van der Waals surface area contributed by atoms with Gasteiger partial charge in [-0.15, -0.1) is 0 Å². The predicted molar refractivity (Wildman–Crippen MR) is 79.5 cm³/mol. The van der Waals surface area contributed by atoms with E-state index in [4.69, 9.17) is 0 Å². The lowest BCUT2D eigenvalue weighted by molar-refractivity contribution is -0.137. The molecule has 0 unspecified atom stereocenters. The van der Waals surface area contributed by atoms with E-state index in [9.17, 15) is 4.79 Å². The maximum atomic E-state index is 12.5. The van der Waals surface area contributed by atoms with Crippen LogP contribution in [-0.4, -0.2) is 17.4 Å². The minimum Gasteiger partial charge on any atom is -0.358 e. The highest BCUT2D eigenvalue weighted by Gasteiger charge is 2.48. The van der Waals surface area contributed by atoms with Gasteiger partial charge in [-0.3, -0.25) is 4.79 Å². The van der Waals surface area contributed by atoms with E-state index in [0.29, 0.717) is 5.92 Å². The molecule has 20 heavy (non-hydrogen) atoms. The zero-order valence-electron chi connectivity index (χ0n) is 11.8. The second-order valence-corrected chi connectivity index (χ2v) is 6.43. The molecule has 1 fully saturated rings. The first-order valence-corrected chi connectivity index (χ1v) is 7.57. The third-order valence-corrected chi connectivity index (χ3v) is 5.39. The van der Waals surface area contributed by atoms with Crippen molar-refractivity contribution in [2.45, 2.75) is 32.6 Å². The summed E-state index contributed by atoms with van der Waals surface area (Å²) in [6.07, 6.45) is 4.00. The SMILES string of the molecule is C[C@@H]1Cc2[nH]c3ccccc3c2C[C@@]12CCCNC2=O. The number of amides is 1. The predicted octanol–water partition coefficient (Wildman–Crippen LogP) is 2.80. The standard InChI is InChI=1S/C17H20N2O/c1-11-9-15-13(12-5-2-3-6-14(12)19-15)10-17(11)7-4-8-18-16(17)20/h2-3,5-6,11,19H,4,7-10H2,1H3,(H,18,20)/t11-,17+/m1/s1. The van der Waals surface area contributed by atoms with Gasteiger partial charge in [0.15, 0.2) is 0 Å². The first-order valence-electron chi connectivity index (χ1n) is 7.57. The van der Waals surface area contributed by atoms with Gasteiger partial charge in [-0.2, -0.15) is 0 Å². The Balaban J connectivity index is 1.86. The van der Waals surface area contributed by atoms with Gasteiger partial charge in [0, 0.05) is 23.1 Å². The molecule has 1 saturated heterocycles. The van der Waals surface area contributed by atoms with E-state index < -0.39 is 0 Å². The van der Waals surface area contributed by atoms with Crippen molar-refractivity contribution in [1.29, 1.82) is 0 Å². The number of piperidine rings is 1. The van der Waals surface area contributed by atoms with Crippen LogP contribution in [0, 0.1) is 11.3 Å². The summed E-state index contributed by atoms with van der Waals surface area (Å²) in [5.41, 5.74) is 3.73. The van der Waals surface area contributed by atoms with Crippen LogP contribution >= 0.6 is 0 Å².